The summed E-state index contributed by atoms with van der Waals surface area (Å²) in [6.45, 7) is 3.11. The third kappa shape index (κ3) is 3.41. The van der Waals surface area contributed by atoms with Gasteiger partial charge >= 0.3 is 0 Å². The highest BCUT2D eigenvalue weighted by Crippen LogP contribution is 2.17. The number of pyridine rings is 1. The summed E-state index contributed by atoms with van der Waals surface area (Å²) >= 11 is 0. The van der Waals surface area contributed by atoms with Crippen molar-refractivity contribution in [1.82, 2.24) is 9.71 Å². The van der Waals surface area contributed by atoms with Gasteiger partial charge in [0.15, 0.2) is 0 Å². The molecule has 1 aliphatic heterocycles. The number of aromatic nitrogens is 1. The fraction of sp³-hybridized carbons (Fsp3) is 0.545. The third-order valence-corrected chi connectivity index (χ3v) is 4.62. The van der Waals surface area contributed by atoms with Gasteiger partial charge in [0, 0.05) is 18.8 Å². The highest BCUT2D eigenvalue weighted by atomic mass is 32.2. The van der Waals surface area contributed by atoms with Crippen LogP contribution in [-0.4, -0.2) is 32.7 Å². The third-order valence-electron chi connectivity index (χ3n) is 3.14. The predicted octanol–water partition coefficient (Wildman–Crippen LogP) is 0.0705. The number of hydrazine groups is 1. The Morgan fingerprint density at radius 2 is 2.26 bits per heavy atom. The molecule has 2 atom stereocenters. The van der Waals surface area contributed by atoms with Gasteiger partial charge in [-0.05, 0) is 24.5 Å². The second kappa shape index (κ2) is 5.83. The SMILES string of the molecule is CC1COCCC1NS(=O)(=O)c1ccc(NN)nc1. The molecule has 106 valence electrons. The quantitative estimate of drug-likeness (QED) is 0.534. The van der Waals surface area contributed by atoms with E-state index < -0.39 is 10.0 Å². The molecule has 2 rings (SSSR count). The minimum Gasteiger partial charge on any atom is -0.381 e. The van der Waals surface area contributed by atoms with Crippen molar-refractivity contribution < 1.29 is 13.2 Å². The van der Waals surface area contributed by atoms with Crippen LogP contribution in [-0.2, 0) is 14.8 Å². The van der Waals surface area contributed by atoms with E-state index in [4.69, 9.17) is 10.6 Å². The molecule has 0 spiro atoms. The lowest BCUT2D eigenvalue weighted by Gasteiger charge is -2.29. The Balaban J connectivity index is 2.12. The second-order valence-electron chi connectivity index (χ2n) is 4.59. The summed E-state index contributed by atoms with van der Waals surface area (Å²) in [5, 5.41) is 0. The van der Waals surface area contributed by atoms with Crippen LogP contribution in [0, 0.1) is 5.92 Å². The van der Waals surface area contributed by atoms with Gasteiger partial charge in [0.1, 0.15) is 10.7 Å². The lowest BCUT2D eigenvalue weighted by atomic mass is 9.99. The van der Waals surface area contributed by atoms with Crippen LogP contribution in [0.4, 0.5) is 5.82 Å². The van der Waals surface area contributed by atoms with E-state index >= 15 is 0 Å². The summed E-state index contributed by atoms with van der Waals surface area (Å²) in [6.07, 6.45) is 1.96. The summed E-state index contributed by atoms with van der Waals surface area (Å²) < 4.78 is 32.4. The van der Waals surface area contributed by atoms with Gasteiger partial charge in [0.25, 0.3) is 0 Å². The fourth-order valence-corrected chi connectivity index (χ4v) is 3.27. The van der Waals surface area contributed by atoms with E-state index in [0.717, 1.165) is 0 Å². The minimum absolute atomic E-state index is 0.105. The molecule has 1 saturated heterocycles. The summed E-state index contributed by atoms with van der Waals surface area (Å²) in [7, 11) is -3.55. The van der Waals surface area contributed by atoms with Gasteiger partial charge in [0.05, 0.1) is 6.61 Å². The number of hydrogen-bond donors (Lipinski definition) is 3. The number of ether oxygens (including phenoxy) is 1. The van der Waals surface area contributed by atoms with E-state index in [9.17, 15) is 8.42 Å². The van der Waals surface area contributed by atoms with Crippen molar-refractivity contribution in [3.8, 4) is 0 Å². The van der Waals surface area contributed by atoms with Crippen LogP contribution in [0.1, 0.15) is 13.3 Å². The van der Waals surface area contributed by atoms with Crippen LogP contribution in [0.25, 0.3) is 0 Å². The molecule has 7 nitrogen and oxygen atoms in total. The molecule has 8 heteroatoms. The molecule has 0 aliphatic carbocycles. The van der Waals surface area contributed by atoms with Gasteiger partial charge in [-0.2, -0.15) is 0 Å². The Hall–Kier alpha value is -1.22. The first-order valence-corrected chi connectivity index (χ1v) is 7.54. The Bertz CT molecular complexity index is 517. The Morgan fingerprint density at radius 3 is 2.84 bits per heavy atom. The number of nitrogens with one attached hydrogen (secondary N) is 2. The predicted molar refractivity (Wildman–Crippen MR) is 70.8 cm³/mol. The minimum atomic E-state index is -3.55. The van der Waals surface area contributed by atoms with Crippen molar-refractivity contribution in [2.24, 2.45) is 11.8 Å². The molecule has 1 aliphatic rings. The Kier molecular flexibility index (Phi) is 4.35. The topological polar surface area (TPSA) is 106 Å². The maximum atomic E-state index is 12.2. The number of nitrogens with two attached hydrogens (primary N) is 1. The maximum absolute atomic E-state index is 12.2. The van der Waals surface area contributed by atoms with Gasteiger partial charge in [-0.1, -0.05) is 6.92 Å². The smallest absolute Gasteiger partial charge is 0.242 e. The van der Waals surface area contributed by atoms with Crippen molar-refractivity contribution in [3.05, 3.63) is 18.3 Å². The largest absolute Gasteiger partial charge is 0.381 e. The van der Waals surface area contributed by atoms with Crippen LogP contribution < -0.4 is 16.0 Å². The average molecular weight is 286 g/mol. The number of hydrogen-bond acceptors (Lipinski definition) is 6. The molecule has 1 aromatic rings. The maximum Gasteiger partial charge on any atom is 0.242 e. The van der Waals surface area contributed by atoms with Crippen LogP contribution in [0.15, 0.2) is 23.2 Å². The summed E-state index contributed by atoms with van der Waals surface area (Å²) in [4.78, 5) is 4.03. The zero-order chi connectivity index (χ0) is 13.9. The van der Waals surface area contributed by atoms with Crippen LogP contribution in [0.2, 0.25) is 0 Å². The van der Waals surface area contributed by atoms with Crippen molar-refractivity contribution in [2.75, 3.05) is 18.6 Å². The van der Waals surface area contributed by atoms with Crippen molar-refractivity contribution in [1.29, 1.82) is 0 Å². The molecular weight excluding hydrogens is 268 g/mol. The first-order valence-electron chi connectivity index (χ1n) is 6.05. The molecule has 1 aromatic heterocycles. The summed E-state index contributed by atoms with van der Waals surface area (Å²) in [5.41, 5.74) is 2.35. The average Bonchev–Trinajstić information content (AvgIpc) is 2.41. The zero-order valence-electron chi connectivity index (χ0n) is 10.7. The molecule has 2 unspecified atom stereocenters. The van der Waals surface area contributed by atoms with E-state index in [1.807, 2.05) is 6.92 Å². The molecule has 4 N–H and O–H groups in total. The summed E-state index contributed by atoms with van der Waals surface area (Å²) in [5.74, 6) is 5.75. The van der Waals surface area contributed by atoms with Gasteiger partial charge in [-0.3, -0.25) is 0 Å². The molecule has 0 bridgehead atoms. The standard InChI is InChI=1S/C11H18N4O3S/c1-8-7-18-5-4-10(8)15-19(16,17)9-2-3-11(14-12)13-6-9/h2-3,6,8,10,15H,4-5,7,12H2,1H3,(H,13,14). The van der Waals surface area contributed by atoms with Crippen LogP contribution in [0.3, 0.4) is 0 Å². The molecule has 0 radical (unpaired) electrons. The van der Waals surface area contributed by atoms with E-state index in [2.05, 4.69) is 15.1 Å². The molecular formula is C11H18N4O3S. The molecule has 1 fully saturated rings. The number of rotatable bonds is 4. The number of anilines is 1. The number of nitrogen functional groups attached to an aromatic ring is 1. The fourth-order valence-electron chi connectivity index (χ4n) is 1.95. The van der Waals surface area contributed by atoms with Gasteiger partial charge in [0.2, 0.25) is 10.0 Å². The Morgan fingerprint density at radius 1 is 1.47 bits per heavy atom. The molecule has 19 heavy (non-hydrogen) atoms. The van der Waals surface area contributed by atoms with E-state index in [1.54, 1.807) is 0 Å². The molecule has 0 aromatic carbocycles. The van der Waals surface area contributed by atoms with Gasteiger partial charge in [-0.15, -0.1) is 0 Å². The highest BCUT2D eigenvalue weighted by molar-refractivity contribution is 7.89. The Labute approximate surface area is 112 Å². The van der Waals surface area contributed by atoms with E-state index in [1.165, 1.54) is 18.3 Å². The van der Waals surface area contributed by atoms with Gasteiger partial charge in [-0.25, -0.2) is 24.0 Å². The lowest BCUT2D eigenvalue weighted by Crippen LogP contribution is -2.44. The molecule has 2 heterocycles. The van der Waals surface area contributed by atoms with Gasteiger partial charge < -0.3 is 10.2 Å². The van der Waals surface area contributed by atoms with E-state index in [-0.39, 0.29) is 16.9 Å². The van der Waals surface area contributed by atoms with Crippen LogP contribution in [0.5, 0.6) is 0 Å². The zero-order valence-corrected chi connectivity index (χ0v) is 11.5. The normalized spacial score (nSPS) is 24.1. The first kappa shape index (κ1) is 14.2. The highest BCUT2D eigenvalue weighted by Gasteiger charge is 2.27. The monoisotopic (exact) mass is 286 g/mol. The summed E-state index contributed by atoms with van der Waals surface area (Å²) in [6, 6.07) is 2.88. The van der Waals surface area contributed by atoms with Crippen molar-refractivity contribution >= 4 is 15.8 Å². The second-order valence-corrected chi connectivity index (χ2v) is 6.31. The first-order chi connectivity index (χ1) is 9.03. The number of nitrogens with zero attached hydrogens (tertiary/aromatic N) is 1. The van der Waals surface area contributed by atoms with Crippen LogP contribution >= 0.6 is 0 Å². The molecule has 0 amide bonds. The number of sulfonamides is 1. The van der Waals surface area contributed by atoms with Crippen molar-refractivity contribution in [2.45, 2.75) is 24.3 Å². The van der Waals surface area contributed by atoms with E-state index in [0.29, 0.717) is 25.5 Å². The van der Waals surface area contributed by atoms with Crippen molar-refractivity contribution in [3.63, 3.8) is 0 Å². The lowest BCUT2D eigenvalue weighted by molar-refractivity contribution is 0.0450. The molecule has 0 saturated carbocycles.